The fourth-order valence-electron chi connectivity index (χ4n) is 5.23. The van der Waals surface area contributed by atoms with Gasteiger partial charge in [0.1, 0.15) is 18.2 Å². The minimum Gasteiger partial charge on any atom is -0.467 e. The van der Waals surface area contributed by atoms with Gasteiger partial charge in [-0.3, -0.25) is 9.69 Å². The molecule has 212 valence electrons. The number of nitrogens with one attached hydrogen (secondary N) is 1. The van der Waals surface area contributed by atoms with E-state index < -0.39 is 47.7 Å². The van der Waals surface area contributed by atoms with Crippen LogP contribution in [0.15, 0.2) is 24.3 Å². The van der Waals surface area contributed by atoms with E-state index in [-0.39, 0.29) is 25.0 Å². The molecule has 4 bridgehead atoms. The molecule has 3 atom stereocenters. The lowest BCUT2D eigenvalue weighted by Gasteiger charge is -2.35. The Hall–Kier alpha value is -3.56. The molecule has 10 heteroatoms. The van der Waals surface area contributed by atoms with E-state index in [2.05, 4.69) is 5.32 Å². The van der Waals surface area contributed by atoms with Crippen molar-refractivity contribution in [3.8, 4) is 0 Å². The van der Waals surface area contributed by atoms with Crippen LogP contribution in [0.3, 0.4) is 0 Å². The zero-order valence-corrected chi connectivity index (χ0v) is 23.6. The van der Waals surface area contributed by atoms with Crippen LogP contribution in [-0.2, 0) is 36.9 Å². The number of amides is 3. The van der Waals surface area contributed by atoms with Crippen LogP contribution in [0.2, 0.25) is 0 Å². The van der Waals surface area contributed by atoms with Crippen LogP contribution in [0.5, 0.6) is 0 Å². The summed E-state index contributed by atoms with van der Waals surface area (Å²) in [5.41, 5.74) is 2.07. The van der Waals surface area contributed by atoms with Gasteiger partial charge >= 0.3 is 18.2 Å². The summed E-state index contributed by atoms with van der Waals surface area (Å²) in [7, 11) is 1.25. The van der Waals surface area contributed by atoms with Crippen molar-refractivity contribution in [3.05, 3.63) is 41.0 Å². The van der Waals surface area contributed by atoms with Crippen LogP contribution in [-0.4, -0.2) is 72.3 Å². The number of alkyl carbamates (subject to hydrolysis) is 1. The highest BCUT2D eigenvalue weighted by molar-refractivity contribution is 5.91. The number of carbonyl (C=O) groups excluding carboxylic acids is 4. The largest absolute Gasteiger partial charge is 0.467 e. The molecule has 3 aliphatic rings. The molecule has 1 aromatic rings. The van der Waals surface area contributed by atoms with Gasteiger partial charge in [0.2, 0.25) is 5.91 Å². The Labute approximate surface area is 229 Å². The van der Waals surface area contributed by atoms with Gasteiger partial charge in [0, 0.05) is 18.4 Å². The summed E-state index contributed by atoms with van der Waals surface area (Å²) in [6, 6.07) is 4.04. The number of ether oxygens (including phenoxy) is 3. The number of nitrogens with zero attached hydrogens (tertiary/aromatic N) is 2. The molecule has 1 fully saturated rings. The van der Waals surface area contributed by atoms with Gasteiger partial charge in [0.25, 0.3) is 0 Å². The summed E-state index contributed by atoms with van der Waals surface area (Å²) < 4.78 is 16.3. The predicted octanol–water partition coefficient (Wildman–Crippen LogP) is 3.87. The van der Waals surface area contributed by atoms with Gasteiger partial charge in [-0.15, -0.1) is 0 Å². The maximum Gasteiger partial charge on any atom is 0.410 e. The summed E-state index contributed by atoms with van der Waals surface area (Å²) in [5, 5.41) is 2.72. The highest BCUT2D eigenvalue weighted by atomic mass is 16.6. The van der Waals surface area contributed by atoms with Gasteiger partial charge in [-0.25, -0.2) is 14.4 Å². The maximum atomic E-state index is 13.8. The molecule has 0 unspecified atom stereocenters. The number of cyclic esters (lactones) is 1. The first-order valence-corrected chi connectivity index (χ1v) is 13.3. The molecule has 0 saturated carbocycles. The minimum atomic E-state index is -0.984. The second kappa shape index (κ2) is 10.9. The van der Waals surface area contributed by atoms with Crippen LogP contribution >= 0.6 is 0 Å². The maximum absolute atomic E-state index is 13.8. The highest BCUT2D eigenvalue weighted by Crippen LogP contribution is 2.31. The van der Waals surface area contributed by atoms with E-state index in [1.807, 2.05) is 65.0 Å². The van der Waals surface area contributed by atoms with Gasteiger partial charge in [-0.1, -0.05) is 65.0 Å². The Morgan fingerprint density at radius 1 is 1.15 bits per heavy atom. The lowest BCUT2D eigenvalue weighted by atomic mass is 9.85. The minimum absolute atomic E-state index is 0.00938. The number of rotatable bonds is 1. The van der Waals surface area contributed by atoms with Crippen molar-refractivity contribution in [1.29, 1.82) is 0 Å². The Morgan fingerprint density at radius 3 is 2.59 bits per heavy atom. The molecule has 1 saturated heterocycles. The third-order valence-corrected chi connectivity index (χ3v) is 7.50. The van der Waals surface area contributed by atoms with Crippen LogP contribution in [0.1, 0.15) is 64.2 Å². The molecule has 1 N–H and O–H groups in total. The van der Waals surface area contributed by atoms with Crippen LogP contribution in [0.25, 0.3) is 6.08 Å². The highest BCUT2D eigenvalue weighted by Gasteiger charge is 2.47. The number of hydrogen-bond acceptors (Lipinski definition) is 7. The number of benzene rings is 1. The molecule has 39 heavy (non-hydrogen) atoms. The van der Waals surface area contributed by atoms with Crippen LogP contribution in [0.4, 0.5) is 9.59 Å². The van der Waals surface area contributed by atoms with E-state index in [4.69, 9.17) is 14.2 Å². The molecule has 0 aromatic heterocycles. The number of allylic oxidation sites excluding steroid dienone is 1. The van der Waals surface area contributed by atoms with E-state index in [0.29, 0.717) is 19.5 Å². The van der Waals surface area contributed by atoms with E-state index in [9.17, 15) is 19.2 Å². The summed E-state index contributed by atoms with van der Waals surface area (Å²) in [5.74, 6) is -1.07. The number of hydrogen-bond donors (Lipinski definition) is 1. The van der Waals surface area contributed by atoms with Crippen molar-refractivity contribution >= 4 is 30.1 Å². The number of fused-ring (bicyclic) bond motifs is 3. The summed E-state index contributed by atoms with van der Waals surface area (Å²) in [6.07, 6.45) is 2.92. The normalized spacial score (nSPS) is 25.7. The molecule has 3 aliphatic heterocycles. The summed E-state index contributed by atoms with van der Waals surface area (Å²) in [4.78, 5) is 55.5. The standard InChI is InChI=1S/C29H39N3O7/c1-28(2,3)23-24(33)32-15-20(13-22(32)25(34)37-6)39-27(36)31-14-19-10-7-9-18(21(19)16-31)11-8-12-29(4,5)17-38-26(35)30-23/h7-11,20,22-23H,12-17H2,1-6H3,(H,30,35)/t20-,22+,23-/m1/s1. The third kappa shape index (κ3) is 6.37. The molecule has 3 heterocycles. The Morgan fingerprint density at radius 2 is 1.90 bits per heavy atom. The number of methoxy groups -OCH3 is 1. The zero-order chi connectivity index (χ0) is 28.5. The van der Waals surface area contributed by atoms with Crippen molar-refractivity contribution in [2.24, 2.45) is 10.8 Å². The SMILES string of the molecule is COC(=O)[C@@H]1C[C@@H]2CN1C(=O)[C@H](C(C)(C)C)NC(=O)OCC(C)(C)CC=Cc1cccc3c1CN(C3)C(=O)O2. The van der Waals surface area contributed by atoms with Gasteiger partial charge in [-0.05, 0) is 28.5 Å². The molecule has 0 aliphatic carbocycles. The van der Waals surface area contributed by atoms with Gasteiger partial charge < -0.3 is 24.4 Å². The Balaban J connectivity index is 1.67. The van der Waals surface area contributed by atoms with Crippen molar-refractivity contribution in [2.75, 3.05) is 20.3 Å². The smallest absolute Gasteiger partial charge is 0.410 e. The van der Waals surface area contributed by atoms with Crippen LogP contribution < -0.4 is 5.32 Å². The monoisotopic (exact) mass is 541 g/mol. The molecular formula is C29H39N3O7. The van der Waals surface area contributed by atoms with E-state index in [0.717, 1.165) is 16.7 Å². The Kier molecular flexibility index (Phi) is 7.95. The fraction of sp³-hybridized carbons (Fsp3) is 0.586. The quantitative estimate of drug-likeness (QED) is 0.424. The molecular weight excluding hydrogens is 502 g/mol. The molecule has 10 nitrogen and oxygen atoms in total. The Bertz CT molecular complexity index is 1170. The zero-order valence-electron chi connectivity index (χ0n) is 23.6. The van der Waals surface area contributed by atoms with Gasteiger partial charge in [0.05, 0.1) is 26.8 Å². The topological polar surface area (TPSA) is 114 Å². The molecule has 0 radical (unpaired) electrons. The van der Waals surface area contributed by atoms with Gasteiger partial charge in [0.15, 0.2) is 0 Å². The third-order valence-electron chi connectivity index (χ3n) is 7.50. The van der Waals surface area contributed by atoms with Gasteiger partial charge in [-0.2, -0.15) is 0 Å². The summed E-state index contributed by atoms with van der Waals surface area (Å²) in [6.45, 7) is 10.4. The van der Waals surface area contributed by atoms with Crippen molar-refractivity contribution < 1.29 is 33.4 Å². The van der Waals surface area contributed by atoms with E-state index in [1.165, 1.54) is 12.0 Å². The summed E-state index contributed by atoms with van der Waals surface area (Å²) >= 11 is 0. The molecule has 4 rings (SSSR count). The van der Waals surface area contributed by atoms with Crippen molar-refractivity contribution in [2.45, 2.75) is 78.7 Å². The lowest BCUT2D eigenvalue weighted by molar-refractivity contribution is -0.152. The van der Waals surface area contributed by atoms with Crippen molar-refractivity contribution in [1.82, 2.24) is 15.1 Å². The molecule has 1 aromatic carbocycles. The molecule has 0 spiro atoms. The number of esters is 1. The average molecular weight is 542 g/mol. The molecule has 3 amide bonds. The number of carbonyl (C=O) groups is 4. The predicted molar refractivity (Wildman–Crippen MR) is 143 cm³/mol. The first-order chi connectivity index (χ1) is 18.3. The van der Waals surface area contributed by atoms with E-state index >= 15 is 0 Å². The second-order valence-corrected chi connectivity index (χ2v) is 12.4. The lowest BCUT2D eigenvalue weighted by Crippen LogP contribution is -2.57. The fourth-order valence-corrected chi connectivity index (χ4v) is 5.23. The van der Waals surface area contributed by atoms with Crippen molar-refractivity contribution in [3.63, 3.8) is 0 Å². The average Bonchev–Trinajstić information content (AvgIpc) is 3.49. The first kappa shape index (κ1) is 28.4. The first-order valence-electron chi connectivity index (χ1n) is 13.3. The van der Waals surface area contributed by atoms with Crippen LogP contribution in [0, 0.1) is 10.8 Å². The second-order valence-electron chi connectivity index (χ2n) is 12.4. The van der Waals surface area contributed by atoms with E-state index in [1.54, 1.807) is 4.90 Å².